The van der Waals surface area contributed by atoms with Crippen molar-refractivity contribution in [1.82, 2.24) is 0 Å². The van der Waals surface area contributed by atoms with Gasteiger partial charge in [-0.3, -0.25) is 0 Å². The van der Waals surface area contributed by atoms with Crippen molar-refractivity contribution in [2.45, 2.75) is 43.9 Å². The van der Waals surface area contributed by atoms with Crippen molar-refractivity contribution in [3.8, 4) is 44.5 Å². The molecule has 0 amide bonds. The molecule has 8 aromatic rings. The van der Waals surface area contributed by atoms with E-state index in [1.165, 1.54) is 106 Å². The summed E-state index contributed by atoms with van der Waals surface area (Å²) in [6, 6.07) is 66.8. The molecule has 1 nitrogen and oxygen atoms in total. The number of hydrogen-bond donors (Lipinski definition) is 0. The Morgan fingerprint density at radius 3 is 0.982 bits per heavy atom. The number of anilines is 3. The van der Waals surface area contributed by atoms with Gasteiger partial charge >= 0.3 is 0 Å². The molecule has 4 aliphatic rings. The van der Waals surface area contributed by atoms with Crippen molar-refractivity contribution in [2.24, 2.45) is 0 Å². The average molecular weight is 716 g/mol. The lowest BCUT2D eigenvalue weighted by atomic mass is 9.70. The van der Waals surface area contributed by atoms with Crippen molar-refractivity contribution >= 4 is 17.1 Å². The zero-order chi connectivity index (χ0) is 37.6. The predicted octanol–water partition coefficient (Wildman–Crippen LogP) is 14.1. The van der Waals surface area contributed by atoms with E-state index in [2.05, 4.69) is 209 Å². The first kappa shape index (κ1) is 31.9. The van der Waals surface area contributed by atoms with Crippen molar-refractivity contribution in [2.75, 3.05) is 4.90 Å². The summed E-state index contributed by atoms with van der Waals surface area (Å²) in [6.45, 7) is 9.56. The van der Waals surface area contributed by atoms with Gasteiger partial charge in [0.05, 0.1) is 22.5 Å². The molecule has 0 aromatic heterocycles. The van der Waals surface area contributed by atoms with Gasteiger partial charge in [-0.05, 0) is 90.5 Å². The van der Waals surface area contributed by atoms with Crippen molar-refractivity contribution in [3.63, 3.8) is 0 Å². The van der Waals surface area contributed by atoms with Gasteiger partial charge in [0.1, 0.15) is 0 Å². The average Bonchev–Trinajstić information content (AvgIpc) is 3.87. The fraction of sp³-hybridized carbons (Fsp3) is 0.127. The van der Waals surface area contributed by atoms with Crippen LogP contribution in [0.2, 0.25) is 0 Å². The highest BCUT2D eigenvalue weighted by molar-refractivity contribution is 6.06. The van der Waals surface area contributed by atoms with Crippen molar-refractivity contribution in [1.29, 1.82) is 0 Å². The monoisotopic (exact) mass is 715 g/mol. The largest absolute Gasteiger partial charge is 0.309 e. The first-order valence-corrected chi connectivity index (χ1v) is 20.0. The summed E-state index contributed by atoms with van der Waals surface area (Å²) in [5.74, 6) is 0. The highest BCUT2D eigenvalue weighted by atomic mass is 15.2. The summed E-state index contributed by atoms with van der Waals surface area (Å²) >= 11 is 0. The molecule has 0 unspecified atom stereocenters. The van der Waals surface area contributed by atoms with Gasteiger partial charge in [0, 0.05) is 27.5 Å². The SMILES string of the molecule is CC1(C)c2ccccc2-c2c(N(c3cccc4c3-c3ccccc3C4(C)C)c3cccc4c3-c3ccccc3C43c4ccccc4-c4ccccc43)cccc21. The normalized spacial score (nSPS) is 15.9. The summed E-state index contributed by atoms with van der Waals surface area (Å²) < 4.78 is 0. The lowest BCUT2D eigenvalue weighted by molar-refractivity contribution is 0.660. The fourth-order valence-electron chi connectivity index (χ4n) is 11.5. The minimum Gasteiger partial charge on any atom is -0.309 e. The number of nitrogens with zero attached hydrogens (tertiary/aromatic N) is 1. The molecule has 1 spiro atoms. The maximum atomic E-state index is 2.65. The van der Waals surface area contributed by atoms with Crippen LogP contribution in [-0.4, -0.2) is 0 Å². The molecule has 0 aliphatic heterocycles. The first-order valence-electron chi connectivity index (χ1n) is 20.0. The molecule has 0 heterocycles. The summed E-state index contributed by atoms with van der Waals surface area (Å²) in [4.78, 5) is 2.65. The molecular weight excluding hydrogens is 675 g/mol. The second-order valence-corrected chi connectivity index (χ2v) is 17.2. The van der Waals surface area contributed by atoms with Crippen LogP contribution in [0.4, 0.5) is 17.1 Å². The van der Waals surface area contributed by atoms with Crippen LogP contribution in [-0.2, 0) is 16.2 Å². The van der Waals surface area contributed by atoms with Crippen LogP contribution < -0.4 is 4.90 Å². The molecule has 0 bridgehead atoms. The molecule has 56 heavy (non-hydrogen) atoms. The minimum absolute atomic E-state index is 0.132. The van der Waals surface area contributed by atoms with Crippen LogP contribution in [0.25, 0.3) is 44.5 Å². The Morgan fingerprint density at radius 1 is 0.268 bits per heavy atom. The molecule has 0 fully saturated rings. The van der Waals surface area contributed by atoms with E-state index in [0.717, 1.165) is 0 Å². The zero-order valence-electron chi connectivity index (χ0n) is 32.2. The van der Waals surface area contributed by atoms with Gasteiger partial charge in [-0.15, -0.1) is 0 Å². The number of rotatable bonds is 3. The molecule has 0 saturated heterocycles. The lowest BCUT2D eigenvalue weighted by Gasteiger charge is -2.34. The van der Waals surface area contributed by atoms with Crippen LogP contribution in [0, 0.1) is 0 Å². The summed E-state index contributed by atoms with van der Waals surface area (Å²) in [6.07, 6.45) is 0. The standard InChI is InChI=1S/C55H41N/c1-53(2)39-23-10-7-20-36(39)50-44(53)28-15-31-47(50)56(48-32-16-29-45-51(48)37-21-8-11-24-40(37)54(45,3)4)49-33-17-30-46-52(49)38-22-9-14-27-43(38)55(46)41-25-12-5-18-34(41)35-19-6-13-26-42(35)55/h5-33H,1-4H3. The van der Waals surface area contributed by atoms with Gasteiger partial charge < -0.3 is 4.90 Å². The topological polar surface area (TPSA) is 3.24 Å². The lowest BCUT2D eigenvalue weighted by Crippen LogP contribution is -2.26. The molecule has 0 atom stereocenters. The highest BCUT2D eigenvalue weighted by Gasteiger charge is 2.52. The number of hydrogen-bond acceptors (Lipinski definition) is 1. The Hall–Kier alpha value is -6.44. The van der Waals surface area contributed by atoms with Crippen LogP contribution in [0.15, 0.2) is 176 Å². The van der Waals surface area contributed by atoms with Crippen LogP contribution >= 0.6 is 0 Å². The second-order valence-electron chi connectivity index (χ2n) is 17.2. The molecule has 0 saturated carbocycles. The van der Waals surface area contributed by atoms with E-state index in [9.17, 15) is 0 Å². The molecule has 266 valence electrons. The third kappa shape index (κ3) is 3.72. The van der Waals surface area contributed by atoms with Gasteiger partial charge in [0.25, 0.3) is 0 Å². The third-order valence-electron chi connectivity index (χ3n) is 13.9. The van der Waals surface area contributed by atoms with E-state index in [1.54, 1.807) is 0 Å². The van der Waals surface area contributed by atoms with Gasteiger partial charge in [-0.1, -0.05) is 185 Å². The second kappa shape index (κ2) is 10.9. The van der Waals surface area contributed by atoms with Gasteiger partial charge in [0.15, 0.2) is 0 Å². The molecule has 0 N–H and O–H groups in total. The Bertz CT molecular complexity index is 2840. The van der Waals surface area contributed by atoms with Gasteiger partial charge in [-0.2, -0.15) is 0 Å². The zero-order valence-corrected chi connectivity index (χ0v) is 32.2. The molecule has 8 aromatic carbocycles. The molecule has 1 heteroatoms. The van der Waals surface area contributed by atoms with Crippen LogP contribution in [0.3, 0.4) is 0 Å². The Kier molecular flexibility index (Phi) is 6.18. The Balaban J connectivity index is 1.23. The quantitative estimate of drug-likeness (QED) is 0.176. The number of benzene rings is 8. The first-order chi connectivity index (χ1) is 27.3. The molecule has 4 aliphatic carbocycles. The Labute approximate surface area is 329 Å². The third-order valence-corrected chi connectivity index (χ3v) is 13.9. The van der Waals surface area contributed by atoms with E-state index in [0.29, 0.717) is 0 Å². The van der Waals surface area contributed by atoms with E-state index in [4.69, 9.17) is 0 Å². The molecular formula is C55H41N. The van der Waals surface area contributed by atoms with Crippen LogP contribution in [0.1, 0.15) is 72.2 Å². The molecule has 0 radical (unpaired) electrons. The fourth-order valence-corrected chi connectivity index (χ4v) is 11.5. The van der Waals surface area contributed by atoms with Crippen molar-refractivity contribution in [3.05, 3.63) is 220 Å². The van der Waals surface area contributed by atoms with Crippen molar-refractivity contribution < 1.29 is 0 Å². The minimum atomic E-state index is -0.429. The predicted molar refractivity (Wildman–Crippen MR) is 233 cm³/mol. The maximum Gasteiger partial charge on any atom is 0.0726 e. The number of fused-ring (bicyclic) bond motifs is 16. The van der Waals surface area contributed by atoms with Crippen LogP contribution in [0.5, 0.6) is 0 Å². The maximum absolute atomic E-state index is 2.65. The van der Waals surface area contributed by atoms with Gasteiger partial charge in [-0.25, -0.2) is 0 Å². The van der Waals surface area contributed by atoms with E-state index < -0.39 is 5.41 Å². The summed E-state index contributed by atoms with van der Waals surface area (Å²) in [7, 11) is 0. The van der Waals surface area contributed by atoms with E-state index in [1.807, 2.05) is 0 Å². The van der Waals surface area contributed by atoms with Gasteiger partial charge in [0.2, 0.25) is 0 Å². The van der Waals surface area contributed by atoms with E-state index >= 15 is 0 Å². The Morgan fingerprint density at radius 2 is 0.554 bits per heavy atom. The van der Waals surface area contributed by atoms with E-state index in [-0.39, 0.29) is 10.8 Å². The smallest absolute Gasteiger partial charge is 0.0726 e. The summed E-state index contributed by atoms with van der Waals surface area (Å²) in [5.41, 5.74) is 24.5. The molecule has 12 rings (SSSR count). The summed E-state index contributed by atoms with van der Waals surface area (Å²) in [5, 5.41) is 0. The highest BCUT2D eigenvalue weighted by Crippen LogP contribution is 2.66.